The Labute approximate surface area is 135 Å². The number of halogens is 3. The average molecular weight is 333 g/mol. The summed E-state index contributed by atoms with van der Waals surface area (Å²) in [6, 6.07) is 8.96. The van der Waals surface area contributed by atoms with Crippen LogP contribution in [0.5, 0.6) is 0 Å². The van der Waals surface area contributed by atoms with Crippen LogP contribution in [0.15, 0.2) is 42.6 Å². The Morgan fingerprint density at radius 2 is 1.96 bits per heavy atom. The quantitative estimate of drug-likeness (QED) is 0.756. The van der Waals surface area contributed by atoms with Crippen molar-refractivity contribution in [3.63, 3.8) is 0 Å². The number of fused-ring (bicyclic) bond motifs is 1. The summed E-state index contributed by atoms with van der Waals surface area (Å²) in [5.41, 5.74) is 0.253. The van der Waals surface area contributed by atoms with Gasteiger partial charge in [0.05, 0.1) is 11.8 Å². The van der Waals surface area contributed by atoms with Crippen LogP contribution in [0.4, 0.5) is 30.5 Å². The third-order valence-corrected chi connectivity index (χ3v) is 3.75. The van der Waals surface area contributed by atoms with Gasteiger partial charge in [-0.1, -0.05) is 6.07 Å². The summed E-state index contributed by atoms with van der Waals surface area (Å²) in [5.74, 6) is 1.23. The normalized spacial score (nSPS) is 14.8. The Morgan fingerprint density at radius 3 is 2.71 bits per heavy atom. The van der Waals surface area contributed by atoms with Crippen molar-refractivity contribution in [2.24, 2.45) is 0 Å². The van der Waals surface area contributed by atoms with Gasteiger partial charge in [0.1, 0.15) is 11.6 Å². The van der Waals surface area contributed by atoms with E-state index in [1.54, 1.807) is 28.9 Å². The highest BCUT2D eigenvalue weighted by atomic mass is 19.4. The fourth-order valence-electron chi connectivity index (χ4n) is 2.44. The monoisotopic (exact) mass is 333 g/mol. The summed E-state index contributed by atoms with van der Waals surface area (Å²) in [6.45, 7) is 0. The lowest BCUT2D eigenvalue weighted by atomic mass is 10.2. The Bertz CT molecular complexity index is 883. The SMILES string of the molecule is FC(F)(F)c1cccc(Nc2cc(NC3CC3)n3nccc3n2)c1. The average Bonchev–Trinajstić information content (AvgIpc) is 3.21. The molecule has 1 aliphatic carbocycles. The molecule has 2 aromatic heterocycles. The van der Waals surface area contributed by atoms with E-state index in [9.17, 15) is 13.2 Å². The highest BCUT2D eigenvalue weighted by Gasteiger charge is 2.30. The van der Waals surface area contributed by atoms with E-state index in [4.69, 9.17) is 0 Å². The van der Waals surface area contributed by atoms with Gasteiger partial charge < -0.3 is 10.6 Å². The summed E-state index contributed by atoms with van der Waals surface area (Å²) in [5, 5.41) is 10.5. The Kier molecular flexibility index (Phi) is 3.33. The molecule has 1 aliphatic rings. The lowest BCUT2D eigenvalue weighted by Gasteiger charge is -2.12. The van der Waals surface area contributed by atoms with Crippen LogP contribution >= 0.6 is 0 Å². The van der Waals surface area contributed by atoms with Crippen molar-refractivity contribution < 1.29 is 13.2 Å². The molecule has 8 heteroatoms. The minimum Gasteiger partial charge on any atom is -0.367 e. The Morgan fingerprint density at radius 1 is 1.12 bits per heavy atom. The van der Waals surface area contributed by atoms with Gasteiger partial charge in [-0.25, -0.2) is 4.98 Å². The molecule has 1 aromatic carbocycles. The third-order valence-electron chi connectivity index (χ3n) is 3.75. The third kappa shape index (κ3) is 2.99. The highest BCUT2D eigenvalue weighted by Crippen LogP contribution is 2.32. The molecule has 4 rings (SSSR count). The molecule has 1 fully saturated rings. The van der Waals surface area contributed by atoms with E-state index in [-0.39, 0.29) is 0 Å². The summed E-state index contributed by atoms with van der Waals surface area (Å²) in [6.07, 6.45) is -0.545. The molecule has 0 bridgehead atoms. The minimum atomic E-state index is -4.38. The largest absolute Gasteiger partial charge is 0.416 e. The van der Waals surface area contributed by atoms with E-state index in [1.165, 1.54) is 6.07 Å². The molecule has 0 aliphatic heterocycles. The van der Waals surface area contributed by atoms with Gasteiger partial charge in [-0.3, -0.25) is 0 Å². The van der Waals surface area contributed by atoms with Crippen molar-refractivity contribution in [2.45, 2.75) is 25.1 Å². The van der Waals surface area contributed by atoms with E-state index >= 15 is 0 Å². The molecule has 124 valence electrons. The lowest BCUT2D eigenvalue weighted by molar-refractivity contribution is -0.137. The Hall–Kier alpha value is -2.77. The van der Waals surface area contributed by atoms with Gasteiger partial charge >= 0.3 is 6.18 Å². The maximum Gasteiger partial charge on any atom is 0.416 e. The number of nitrogens with zero attached hydrogens (tertiary/aromatic N) is 3. The number of aromatic nitrogens is 3. The number of nitrogens with one attached hydrogen (secondary N) is 2. The molecule has 0 amide bonds. The van der Waals surface area contributed by atoms with Gasteiger partial charge in [0.15, 0.2) is 5.65 Å². The van der Waals surface area contributed by atoms with Crippen molar-refractivity contribution in [3.05, 3.63) is 48.2 Å². The fourth-order valence-corrected chi connectivity index (χ4v) is 2.44. The highest BCUT2D eigenvalue weighted by molar-refractivity contribution is 5.64. The molecule has 0 saturated heterocycles. The van der Waals surface area contributed by atoms with E-state index < -0.39 is 11.7 Å². The van der Waals surface area contributed by atoms with E-state index in [1.807, 2.05) is 0 Å². The first-order valence-electron chi connectivity index (χ1n) is 7.55. The second-order valence-electron chi connectivity index (χ2n) is 5.75. The zero-order chi connectivity index (χ0) is 16.7. The number of hydrogen-bond acceptors (Lipinski definition) is 4. The summed E-state index contributed by atoms with van der Waals surface area (Å²) < 4.78 is 40.1. The van der Waals surface area contributed by atoms with Crippen LogP contribution in [0.3, 0.4) is 0 Å². The predicted octanol–water partition coefficient (Wildman–Crippen LogP) is 4.07. The first-order valence-corrected chi connectivity index (χ1v) is 7.55. The van der Waals surface area contributed by atoms with Crippen molar-refractivity contribution in [1.82, 2.24) is 14.6 Å². The molecule has 2 heterocycles. The van der Waals surface area contributed by atoms with Crippen LogP contribution in [0.25, 0.3) is 5.65 Å². The molecule has 0 spiro atoms. The number of anilines is 3. The number of benzene rings is 1. The molecule has 0 atom stereocenters. The fraction of sp³-hybridized carbons (Fsp3) is 0.250. The van der Waals surface area contributed by atoms with Crippen molar-refractivity contribution in [1.29, 1.82) is 0 Å². The predicted molar refractivity (Wildman–Crippen MR) is 84.4 cm³/mol. The van der Waals surface area contributed by atoms with E-state index in [0.29, 0.717) is 23.2 Å². The summed E-state index contributed by atoms with van der Waals surface area (Å²) in [4.78, 5) is 4.38. The molecule has 5 nitrogen and oxygen atoms in total. The molecule has 24 heavy (non-hydrogen) atoms. The van der Waals surface area contributed by atoms with Crippen LogP contribution in [-0.4, -0.2) is 20.6 Å². The number of rotatable bonds is 4. The zero-order valence-electron chi connectivity index (χ0n) is 12.5. The molecule has 2 N–H and O–H groups in total. The van der Waals surface area contributed by atoms with Gasteiger partial charge in [-0.15, -0.1) is 0 Å². The Balaban J connectivity index is 1.66. The zero-order valence-corrected chi connectivity index (χ0v) is 12.5. The van der Waals surface area contributed by atoms with Crippen LogP contribution in [0.2, 0.25) is 0 Å². The lowest BCUT2D eigenvalue weighted by Crippen LogP contribution is -2.09. The molecule has 1 saturated carbocycles. The van der Waals surface area contributed by atoms with Crippen molar-refractivity contribution in [2.75, 3.05) is 10.6 Å². The van der Waals surface area contributed by atoms with E-state index in [2.05, 4.69) is 20.7 Å². The van der Waals surface area contributed by atoms with Crippen LogP contribution in [-0.2, 0) is 6.18 Å². The van der Waals surface area contributed by atoms with Gasteiger partial charge in [-0.05, 0) is 31.0 Å². The smallest absolute Gasteiger partial charge is 0.367 e. The second kappa shape index (κ2) is 5.40. The van der Waals surface area contributed by atoms with Crippen LogP contribution in [0.1, 0.15) is 18.4 Å². The maximum atomic E-state index is 12.8. The number of alkyl halides is 3. The minimum absolute atomic E-state index is 0.332. The number of hydrogen-bond donors (Lipinski definition) is 2. The maximum absolute atomic E-state index is 12.8. The first kappa shape index (κ1) is 14.8. The van der Waals surface area contributed by atoms with Crippen LogP contribution < -0.4 is 10.6 Å². The standard InChI is InChI=1S/C16H14F3N5/c17-16(18,19)10-2-1-3-12(8-10)21-13-9-15(22-11-4-5-11)24-14(23-13)6-7-20-24/h1-3,6-9,11,22H,4-5H2,(H,21,23). The molecular formula is C16H14F3N5. The van der Waals surface area contributed by atoms with Gasteiger partial charge in [0.2, 0.25) is 0 Å². The molecule has 0 radical (unpaired) electrons. The van der Waals surface area contributed by atoms with Crippen molar-refractivity contribution in [3.8, 4) is 0 Å². The van der Waals surface area contributed by atoms with Gasteiger partial charge in [0, 0.05) is 23.9 Å². The van der Waals surface area contributed by atoms with Gasteiger partial charge in [0.25, 0.3) is 0 Å². The second-order valence-corrected chi connectivity index (χ2v) is 5.75. The van der Waals surface area contributed by atoms with E-state index in [0.717, 1.165) is 30.8 Å². The molecule has 3 aromatic rings. The van der Waals surface area contributed by atoms with Crippen LogP contribution in [0, 0.1) is 0 Å². The van der Waals surface area contributed by atoms with Crippen molar-refractivity contribution >= 4 is 23.0 Å². The molecular weight excluding hydrogens is 319 g/mol. The first-order chi connectivity index (χ1) is 11.5. The molecule has 0 unspecified atom stereocenters. The summed E-state index contributed by atoms with van der Waals surface area (Å²) in [7, 11) is 0. The summed E-state index contributed by atoms with van der Waals surface area (Å²) >= 11 is 0. The van der Waals surface area contributed by atoms with Gasteiger partial charge in [-0.2, -0.15) is 22.8 Å². The topological polar surface area (TPSA) is 54.2 Å².